The number of methoxy groups -OCH3 is 1. The third-order valence-corrected chi connectivity index (χ3v) is 5.07. The lowest BCUT2D eigenvalue weighted by Crippen LogP contribution is -2.43. The number of ether oxygens (including phenoxy) is 1. The second-order valence-electron chi connectivity index (χ2n) is 6.95. The third-order valence-electron chi connectivity index (χ3n) is 5.07. The number of anilines is 1. The number of aromatic nitrogens is 3. The molecule has 1 atom stereocenters. The zero-order valence-corrected chi connectivity index (χ0v) is 15.8. The summed E-state index contributed by atoms with van der Waals surface area (Å²) in [5.74, 6) is 0.834. The molecular weight excluding hydrogens is 354 g/mol. The van der Waals surface area contributed by atoms with Gasteiger partial charge in [-0.05, 0) is 36.6 Å². The predicted octanol–water partition coefficient (Wildman–Crippen LogP) is 2.57. The molecular formula is C21H23N5O2. The third kappa shape index (κ3) is 4.03. The Hall–Kier alpha value is -3.22. The van der Waals surface area contributed by atoms with Crippen molar-refractivity contribution in [1.82, 2.24) is 20.3 Å². The van der Waals surface area contributed by atoms with E-state index in [0.29, 0.717) is 18.7 Å². The van der Waals surface area contributed by atoms with E-state index in [2.05, 4.69) is 25.2 Å². The smallest absolute Gasteiger partial charge is 0.225 e. The number of hydrogen-bond acceptors (Lipinski definition) is 6. The average Bonchev–Trinajstić information content (AvgIpc) is 2.77. The molecule has 0 radical (unpaired) electrons. The monoisotopic (exact) mass is 377 g/mol. The molecule has 144 valence electrons. The van der Waals surface area contributed by atoms with Gasteiger partial charge in [0.1, 0.15) is 11.3 Å². The van der Waals surface area contributed by atoms with Crippen LogP contribution in [0.2, 0.25) is 0 Å². The summed E-state index contributed by atoms with van der Waals surface area (Å²) in [5, 5.41) is 3.06. The van der Waals surface area contributed by atoms with Crippen LogP contribution in [0.4, 0.5) is 5.69 Å². The molecule has 1 aliphatic rings. The molecule has 3 aromatic rings. The van der Waals surface area contributed by atoms with E-state index >= 15 is 0 Å². The number of rotatable bonds is 5. The summed E-state index contributed by atoms with van der Waals surface area (Å²) < 4.78 is 5.24. The van der Waals surface area contributed by atoms with Crippen molar-refractivity contribution in [3.05, 3.63) is 54.5 Å². The van der Waals surface area contributed by atoms with Crippen molar-refractivity contribution < 1.29 is 9.53 Å². The van der Waals surface area contributed by atoms with Crippen molar-refractivity contribution >= 4 is 22.8 Å². The molecule has 1 N–H and O–H groups in total. The minimum absolute atomic E-state index is 0.0445. The van der Waals surface area contributed by atoms with Crippen LogP contribution in [0.15, 0.2) is 48.9 Å². The van der Waals surface area contributed by atoms with Crippen molar-refractivity contribution in [2.45, 2.75) is 19.4 Å². The molecule has 0 saturated carbocycles. The number of carbonyl (C=O) groups excluding carboxylic acids is 1. The fourth-order valence-electron chi connectivity index (χ4n) is 3.56. The van der Waals surface area contributed by atoms with E-state index in [-0.39, 0.29) is 11.8 Å². The molecule has 0 bridgehead atoms. The Morgan fingerprint density at radius 3 is 3.04 bits per heavy atom. The topological polar surface area (TPSA) is 80.2 Å². The number of carbonyl (C=O) groups is 1. The summed E-state index contributed by atoms with van der Waals surface area (Å²) in [4.78, 5) is 27.8. The highest BCUT2D eigenvalue weighted by molar-refractivity contribution is 5.80. The maximum Gasteiger partial charge on any atom is 0.225 e. The van der Waals surface area contributed by atoms with Gasteiger partial charge in [0.05, 0.1) is 24.9 Å². The normalized spacial score (nSPS) is 16.8. The molecule has 0 unspecified atom stereocenters. The van der Waals surface area contributed by atoms with Crippen LogP contribution in [0.5, 0.6) is 5.75 Å². The first-order chi connectivity index (χ1) is 13.7. The maximum atomic E-state index is 12.7. The van der Waals surface area contributed by atoms with E-state index in [1.54, 1.807) is 19.5 Å². The lowest BCUT2D eigenvalue weighted by molar-refractivity contribution is -0.125. The van der Waals surface area contributed by atoms with Crippen LogP contribution in [0.1, 0.15) is 18.4 Å². The lowest BCUT2D eigenvalue weighted by Gasteiger charge is -2.33. The van der Waals surface area contributed by atoms with Gasteiger partial charge in [-0.1, -0.05) is 12.1 Å². The van der Waals surface area contributed by atoms with Gasteiger partial charge in [-0.3, -0.25) is 9.78 Å². The standard InChI is InChI=1S/C21H23N5O2/c1-28-18-6-2-4-15(10-18)12-25-21(27)16-5-3-9-26(14-16)17-11-19-20(24-13-17)23-8-7-22-19/h2,4,6-8,10-11,13,16H,3,5,9,12,14H2,1H3,(H,25,27)/t16-/m1/s1. The second kappa shape index (κ2) is 8.21. The number of hydrogen-bond donors (Lipinski definition) is 1. The Morgan fingerprint density at radius 1 is 1.25 bits per heavy atom. The molecule has 1 aromatic carbocycles. The molecule has 0 aliphatic carbocycles. The Balaban J connectivity index is 1.40. The predicted molar refractivity (Wildman–Crippen MR) is 107 cm³/mol. The van der Waals surface area contributed by atoms with Crippen molar-refractivity contribution in [2.24, 2.45) is 5.92 Å². The molecule has 2 aromatic heterocycles. The maximum absolute atomic E-state index is 12.7. The molecule has 4 rings (SSSR count). The fraction of sp³-hybridized carbons (Fsp3) is 0.333. The van der Waals surface area contributed by atoms with Gasteiger partial charge >= 0.3 is 0 Å². The average molecular weight is 377 g/mol. The van der Waals surface area contributed by atoms with Crippen LogP contribution >= 0.6 is 0 Å². The zero-order chi connectivity index (χ0) is 19.3. The first-order valence-electron chi connectivity index (χ1n) is 9.45. The largest absolute Gasteiger partial charge is 0.497 e. The van der Waals surface area contributed by atoms with Crippen LogP contribution in [-0.2, 0) is 11.3 Å². The molecule has 28 heavy (non-hydrogen) atoms. The van der Waals surface area contributed by atoms with Crippen molar-refractivity contribution in [1.29, 1.82) is 0 Å². The molecule has 1 fully saturated rings. The van der Waals surface area contributed by atoms with E-state index in [4.69, 9.17) is 4.74 Å². The Bertz CT molecular complexity index is 978. The summed E-state index contributed by atoms with van der Waals surface area (Å²) >= 11 is 0. The van der Waals surface area contributed by atoms with Crippen LogP contribution < -0.4 is 15.0 Å². The van der Waals surface area contributed by atoms with Crippen molar-refractivity contribution in [3.8, 4) is 5.75 Å². The number of nitrogens with zero attached hydrogens (tertiary/aromatic N) is 4. The SMILES string of the molecule is COc1cccc(CNC(=O)[C@@H]2CCCN(c3cnc4nccnc4c3)C2)c1. The second-order valence-corrected chi connectivity index (χ2v) is 6.95. The minimum atomic E-state index is -0.0445. The van der Waals surface area contributed by atoms with Crippen LogP contribution in [0.3, 0.4) is 0 Å². The summed E-state index contributed by atoms with van der Waals surface area (Å²) in [5.41, 5.74) is 3.41. The fourth-order valence-corrected chi connectivity index (χ4v) is 3.56. The summed E-state index contributed by atoms with van der Waals surface area (Å²) in [6, 6.07) is 9.74. The van der Waals surface area contributed by atoms with E-state index in [1.807, 2.05) is 36.5 Å². The van der Waals surface area contributed by atoms with Crippen molar-refractivity contribution in [2.75, 3.05) is 25.1 Å². The summed E-state index contributed by atoms with van der Waals surface area (Å²) in [6.45, 7) is 2.09. The van der Waals surface area contributed by atoms with Crippen LogP contribution in [-0.4, -0.2) is 41.1 Å². The van der Waals surface area contributed by atoms with E-state index in [9.17, 15) is 4.79 Å². The highest BCUT2D eigenvalue weighted by atomic mass is 16.5. The molecule has 0 spiro atoms. The highest BCUT2D eigenvalue weighted by Gasteiger charge is 2.26. The highest BCUT2D eigenvalue weighted by Crippen LogP contribution is 2.24. The summed E-state index contributed by atoms with van der Waals surface area (Å²) in [7, 11) is 1.64. The number of pyridine rings is 1. The Morgan fingerprint density at radius 2 is 2.14 bits per heavy atom. The van der Waals surface area contributed by atoms with Gasteiger partial charge in [0.25, 0.3) is 0 Å². The number of nitrogens with one attached hydrogen (secondary N) is 1. The van der Waals surface area contributed by atoms with Crippen LogP contribution in [0.25, 0.3) is 11.2 Å². The van der Waals surface area contributed by atoms with Gasteiger partial charge in [-0.2, -0.15) is 0 Å². The number of amides is 1. The van der Waals surface area contributed by atoms with Gasteiger partial charge in [0.2, 0.25) is 5.91 Å². The van der Waals surface area contributed by atoms with Gasteiger partial charge in [0, 0.05) is 32.0 Å². The first kappa shape index (κ1) is 18.2. The Kier molecular flexibility index (Phi) is 5.32. The van der Waals surface area contributed by atoms with E-state index < -0.39 is 0 Å². The lowest BCUT2D eigenvalue weighted by atomic mass is 9.96. The minimum Gasteiger partial charge on any atom is -0.497 e. The van der Waals surface area contributed by atoms with Gasteiger partial charge < -0.3 is 15.0 Å². The molecule has 1 amide bonds. The number of benzene rings is 1. The van der Waals surface area contributed by atoms with Gasteiger partial charge in [0.15, 0.2) is 5.65 Å². The first-order valence-corrected chi connectivity index (χ1v) is 9.45. The van der Waals surface area contributed by atoms with E-state index in [1.165, 1.54) is 0 Å². The van der Waals surface area contributed by atoms with Crippen molar-refractivity contribution in [3.63, 3.8) is 0 Å². The van der Waals surface area contributed by atoms with Gasteiger partial charge in [-0.25, -0.2) is 9.97 Å². The molecule has 7 heteroatoms. The quantitative estimate of drug-likeness (QED) is 0.736. The molecule has 7 nitrogen and oxygen atoms in total. The molecule has 3 heterocycles. The zero-order valence-electron chi connectivity index (χ0n) is 15.8. The molecule has 1 saturated heterocycles. The Labute approximate surface area is 163 Å². The van der Waals surface area contributed by atoms with Crippen LogP contribution in [0, 0.1) is 5.92 Å². The van der Waals surface area contributed by atoms with Gasteiger partial charge in [-0.15, -0.1) is 0 Å². The number of fused-ring (bicyclic) bond motifs is 1. The molecule has 1 aliphatic heterocycles. The number of piperidine rings is 1. The summed E-state index contributed by atoms with van der Waals surface area (Å²) in [6.07, 6.45) is 6.97. The van der Waals surface area contributed by atoms with E-state index in [0.717, 1.165) is 41.9 Å².